The first-order valence-electron chi connectivity index (χ1n) is 9.08. The number of alkyl halides is 3. The molecule has 0 aliphatic carbocycles. The van der Waals surface area contributed by atoms with Crippen LogP contribution < -0.4 is 0 Å². The standard InChI is InChI=1S/C20H19F3N4O2S/c1-19(2,3)29-18(28)27-7-6-13-15(10-27)25-11-26-17(13)30-16-5-4-12(9-24)8-14(16)20(21,22)23/h4-5,8,11H,6-7,10H2,1-3H3. The first kappa shape index (κ1) is 21.9. The third kappa shape index (κ3) is 5.02. The van der Waals surface area contributed by atoms with Crippen LogP contribution in [-0.2, 0) is 23.9 Å². The summed E-state index contributed by atoms with van der Waals surface area (Å²) in [6, 6.07) is 5.18. The average molecular weight is 436 g/mol. The number of hydrogen-bond acceptors (Lipinski definition) is 6. The first-order chi connectivity index (χ1) is 14.0. The maximum absolute atomic E-state index is 13.5. The fourth-order valence-corrected chi connectivity index (χ4v) is 3.98. The molecule has 0 unspecified atom stereocenters. The van der Waals surface area contributed by atoms with Crippen LogP contribution in [0, 0.1) is 11.3 Å². The second kappa shape index (κ2) is 8.14. The van der Waals surface area contributed by atoms with Gasteiger partial charge < -0.3 is 9.64 Å². The van der Waals surface area contributed by atoms with E-state index in [-0.39, 0.29) is 17.0 Å². The van der Waals surface area contributed by atoms with Gasteiger partial charge in [0.1, 0.15) is 17.0 Å². The fourth-order valence-electron chi connectivity index (χ4n) is 2.91. The summed E-state index contributed by atoms with van der Waals surface area (Å²) in [5.74, 6) is 0. The van der Waals surface area contributed by atoms with Gasteiger partial charge in [-0.2, -0.15) is 18.4 Å². The SMILES string of the molecule is CC(C)(C)OC(=O)N1CCc2c(ncnc2Sc2ccc(C#N)cc2C(F)(F)F)C1. The molecule has 0 saturated carbocycles. The molecule has 0 fully saturated rings. The van der Waals surface area contributed by atoms with Crippen LogP contribution in [0.2, 0.25) is 0 Å². The molecule has 2 heterocycles. The minimum absolute atomic E-state index is 0.0445. The van der Waals surface area contributed by atoms with E-state index in [0.717, 1.165) is 17.8 Å². The van der Waals surface area contributed by atoms with Gasteiger partial charge in [-0.1, -0.05) is 11.8 Å². The predicted molar refractivity (Wildman–Crippen MR) is 103 cm³/mol. The van der Waals surface area contributed by atoms with E-state index in [1.807, 2.05) is 0 Å². The van der Waals surface area contributed by atoms with Crippen molar-refractivity contribution in [3.63, 3.8) is 0 Å². The molecule has 0 bridgehead atoms. The number of halogens is 3. The van der Waals surface area contributed by atoms with Gasteiger partial charge >= 0.3 is 12.3 Å². The topological polar surface area (TPSA) is 79.1 Å². The van der Waals surface area contributed by atoms with Crippen molar-refractivity contribution in [2.24, 2.45) is 0 Å². The number of nitriles is 1. The summed E-state index contributed by atoms with van der Waals surface area (Å²) in [7, 11) is 0. The molecule has 1 aliphatic rings. The Hall–Kier alpha value is -2.80. The molecule has 1 aromatic carbocycles. The quantitative estimate of drug-likeness (QED) is 0.629. The number of carbonyl (C=O) groups excluding carboxylic acids is 1. The summed E-state index contributed by atoms with van der Waals surface area (Å²) in [6.45, 7) is 5.86. The maximum Gasteiger partial charge on any atom is 0.417 e. The maximum atomic E-state index is 13.5. The Morgan fingerprint density at radius 1 is 1.27 bits per heavy atom. The molecule has 1 aliphatic heterocycles. The molecule has 0 spiro atoms. The van der Waals surface area contributed by atoms with E-state index in [9.17, 15) is 18.0 Å². The van der Waals surface area contributed by atoms with E-state index >= 15 is 0 Å². The molecule has 0 radical (unpaired) electrons. The van der Waals surface area contributed by atoms with Crippen LogP contribution in [0.1, 0.15) is 43.2 Å². The molecule has 0 saturated heterocycles. The molecule has 6 nitrogen and oxygen atoms in total. The largest absolute Gasteiger partial charge is 0.444 e. The zero-order valence-electron chi connectivity index (χ0n) is 16.6. The lowest BCUT2D eigenvalue weighted by atomic mass is 10.1. The van der Waals surface area contributed by atoms with Crippen LogP contribution in [-0.4, -0.2) is 33.1 Å². The highest BCUT2D eigenvalue weighted by Crippen LogP contribution is 2.41. The zero-order valence-corrected chi connectivity index (χ0v) is 17.4. The summed E-state index contributed by atoms with van der Waals surface area (Å²) < 4.78 is 45.8. The molecule has 1 aromatic heterocycles. The monoisotopic (exact) mass is 436 g/mol. The number of benzene rings is 1. The molecule has 1 amide bonds. The van der Waals surface area contributed by atoms with E-state index in [0.29, 0.717) is 29.2 Å². The zero-order chi connectivity index (χ0) is 22.1. The molecular weight excluding hydrogens is 417 g/mol. The third-order valence-electron chi connectivity index (χ3n) is 4.24. The van der Waals surface area contributed by atoms with E-state index in [1.54, 1.807) is 26.8 Å². The first-order valence-corrected chi connectivity index (χ1v) is 9.89. The lowest BCUT2D eigenvalue weighted by molar-refractivity contribution is -0.139. The van der Waals surface area contributed by atoms with Crippen LogP contribution in [0.5, 0.6) is 0 Å². The fraction of sp³-hybridized carbons (Fsp3) is 0.400. The number of amides is 1. The molecule has 3 rings (SSSR count). The van der Waals surface area contributed by atoms with Crippen LogP contribution >= 0.6 is 11.8 Å². The van der Waals surface area contributed by atoms with Gasteiger partial charge in [0, 0.05) is 17.0 Å². The van der Waals surface area contributed by atoms with E-state index in [4.69, 9.17) is 10.00 Å². The number of carbonyl (C=O) groups is 1. The average Bonchev–Trinajstić information content (AvgIpc) is 2.66. The molecule has 0 atom stereocenters. The number of fused-ring (bicyclic) bond motifs is 1. The highest BCUT2D eigenvalue weighted by atomic mass is 32.2. The third-order valence-corrected chi connectivity index (χ3v) is 5.36. The number of aromatic nitrogens is 2. The van der Waals surface area contributed by atoms with Gasteiger partial charge in [-0.3, -0.25) is 0 Å². The van der Waals surface area contributed by atoms with Crippen LogP contribution in [0.25, 0.3) is 0 Å². The van der Waals surface area contributed by atoms with Crippen molar-refractivity contribution >= 4 is 17.9 Å². The van der Waals surface area contributed by atoms with Crippen LogP contribution in [0.3, 0.4) is 0 Å². The molecule has 0 N–H and O–H groups in total. The summed E-state index contributed by atoms with van der Waals surface area (Å²) in [5.41, 5.74) is -0.297. The number of nitrogens with zero attached hydrogens (tertiary/aromatic N) is 4. The Balaban J connectivity index is 1.88. The summed E-state index contributed by atoms with van der Waals surface area (Å²) in [5, 5.41) is 9.32. The van der Waals surface area contributed by atoms with Crippen molar-refractivity contribution in [2.75, 3.05) is 6.54 Å². The Morgan fingerprint density at radius 3 is 2.63 bits per heavy atom. The van der Waals surface area contributed by atoms with Gasteiger partial charge in [0.2, 0.25) is 0 Å². The van der Waals surface area contributed by atoms with Crippen LogP contribution in [0.4, 0.5) is 18.0 Å². The molecule has 158 valence electrons. The van der Waals surface area contributed by atoms with E-state index in [2.05, 4.69) is 9.97 Å². The molecule has 30 heavy (non-hydrogen) atoms. The minimum atomic E-state index is -4.60. The summed E-state index contributed by atoms with van der Waals surface area (Å²) in [6.07, 6.45) is -3.39. The van der Waals surface area contributed by atoms with Crippen molar-refractivity contribution < 1.29 is 22.7 Å². The van der Waals surface area contributed by atoms with Gasteiger partial charge in [-0.15, -0.1) is 0 Å². The molecular formula is C20H19F3N4O2S. The highest BCUT2D eigenvalue weighted by Gasteiger charge is 2.35. The van der Waals surface area contributed by atoms with Gasteiger partial charge in [-0.05, 0) is 45.4 Å². The number of ether oxygens (including phenoxy) is 1. The normalized spacial score (nSPS) is 14.1. The van der Waals surface area contributed by atoms with Crippen molar-refractivity contribution in [3.05, 3.63) is 46.9 Å². The predicted octanol–water partition coefficient (Wildman–Crippen LogP) is 4.81. The van der Waals surface area contributed by atoms with Crippen molar-refractivity contribution in [3.8, 4) is 6.07 Å². The van der Waals surface area contributed by atoms with Crippen LogP contribution in [0.15, 0.2) is 34.4 Å². The minimum Gasteiger partial charge on any atom is -0.444 e. The smallest absolute Gasteiger partial charge is 0.417 e. The Kier molecular flexibility index (Phi) is 5.94. The number of rotatable bonds is 2. The van der Waals surface area contributed by atoms with Crippen molar-refractivity contribution in [1.29, 1.82) is 5.26 Å². The molecule has 2 aromatic rings. The second-order valence-corrected chi connectivity index (χ2v) is 8.71. The summed E-state index contributed by atoms with van der Waals surface area (Å²) >= 11 is 0.879. The van der Waals surface area contributed by atoms with E-state index in [1.165, 1.54) is 23.4 Å². The van der Waals surface area contributed by atoms with Gasteiger partial charge in [-0.25, -0.2) is 14.8 Å². The van der Waals surface area contributed by atoms with E-state index < -0.39 is 23.4 Å². The molecule has 10 heteroatoms. The Morgan fingerprint density at radius 2 is 2.00 bits per heavy atom. The second-order valence-electron chi connectivity index (χ2n) is 7.68. The Labute approximate surface area is 176 Å². The highest BCUT2D eigenvalue weighted by molar-refractivity contribution is 7.99. The van der Waals surface area contributed by atoms with Gasteiger partial charge in [0.15, 0.2) is 0 Å². The summed E-state index contributed by atoms with van der Waals surface area (Å²) in [4.78, 5) is 22.2. The van der Waals surface area contributed by atoms with Crippen molar-refractivity contribution in [2.45, 2.75) is 55.4 Å². The van der Waals surface area contributed by atoms with Crippen molar-refractivity contribution in [1.82, 2.24) is 14.9 Å². The Bertz CT molecular complexity index is 1010. The lowest BCUT2D eigenvalue weighted by Gasteiger charge is -2.31. The van der Waals surface area contributed by atoms with Gasteiger partial charge in [0.25, 0.3) is 0 Å². The van der Waals surface area contributed by atoms with Gasteiger partial charge in [0.05, 0.1) is 29.4 Å². The lowest BCUT2D eigenvalue weighted by Crippen LogP contribution is -2.40. The number of hydrogen-bond donors (Lipinski definition) is 0.